The molecule has 0 saturated carbocycles. The molecule has 2 aromatic carbocycles. The van der Waals surface area contributed by atoms with Crippen molar-refractivity contribution in [3.63, 3.8) is 0 Å². The molecule has 1 atom stereocenters. The van der Waals surface area contributed by atoms with Gasteiger partial charge in [-0.2, -0.15) is 0 Å². The molecule has 0 heterocycles. The first-order chi connectivity index (χ1) is 11.4. The van der Waals surface area contributed by atoms with Crippen molar-refractivity contribution >= 4 is 21.7 Å². The van der Waals surface area contributed by atoms with E-state index in [9.17, 15) is 13.2 Å². The summed E-state index contributed by atoms with van der Waals surface area (Å²) < 4.78 is 30.2. The Hall–Kier alpha value is -2.34. The molecule has 0 aromatic heterocycles. The number of hydrogen-bond acceptors (Lipinski definition) is 4. The number of benzene rings is 2. The van der Waals surface area contributed by atoms with Crippen LogP contribution in [0.3, 0.4) is 0 Å². The third kappa shape index (κ3) is 5.38. The monoisotopic (exact) mass is 347 g/mol. The summed E-state index contributed by atoms with van der Waals surface area (Å²) >= 11 is 0. The molecule has 0 aliphatic rings. The van der Waals surface area contributed by atoms with Gasteiger partial charge in [0, 0.05) is 5.69 Å². The number of hydrogen-bond donors (Lipinski definition) is 1. The predicted molar refractivity (Wildman–Crippen MR) is 94.2 cm³/mol. The summed E-state index contributed by atoms with van der Waals surface area (Å²) in [5.74, 6) is -0.661. The number of carbonyl (C=O) groups is 1. The van der Waals surface area contributed by atoms with Crippen LogP contribution in [-0.2, 0) is 26.2 Å². The smallest absolute Gasteiger partial charge is 0.313 e. The topological polar surface area (TPSA) is 72.5 Å². The molecule has 0 aliphatic heterocycles. The third-order valence-electron chi connectivity index (χ3n) is 3.53. The number of ether oxygens (including phenoxy) is 1. The van der Waals surface area contributed by atoms with Crippen molar-refractivity contribution in [2.75, 3.05) is 11.0 Å². The molecule has 0 amide bonds. The van der Waals surface area contributed by atoms with Crippen LogP contribution < -0.4 is 4.72 Å². The van der Waals surface area contributed by atoms with Crippen molar-refractivity contribution in [2.45, 2.75) is 25.9 Å². The molecule has 5 nitrogen and oxygen atoms in total. The van der Waals surface area contributed by atoms with Crippen molar-refractivity contribution in [3.05, 3.63) is 65.7 Å². The summed E-state index contributed by atoms with van der Waals surface area (Å²) in [6, 6.07) is 16.3. The molecule has 0 spiro atoms. The van der Waals surface area contributed by atoms with Crippen LogP contribution in [0.1, 0.15) is 30.4 Å². The summed E-state index contributed by atoms with van der Waals surface area (Å²) in [6.07, 6.45) is 1.70. The Bertz CT molecular complexity index is 770. The fraction of sp³-hybridized carbons (Fsp3) is 0.278. The van der Waals surface area contributed by atoms with Gasteiger partial charge in [-0.3, -0.25) is 9.52 Å². The molecule has 1 N–H and O–H groups in total. The first-order valence-corrected chi connectivity index (χ1v) is 9.56. The standard InChI is InChI=1S/C18H21NO4S/c1-3-17(18(20)23-13-14-7-5-4-6-8-14)15-9-11-16(12-10-15)19-24(2,21)22/h4-12,17,19H,3,13H2,1-2H3. The van der Waals surface area contributed by atoms with Gasteiger partial charge in [-0.1, -0.05) is 49.4 Å². The summed E-state index contributed by atoms with van der Waals surface area (Å²) in [4.78, 5) is 12.3. The number of nitrogens with one attached hydrogen (secondary N) is 1. The van der Waals surface area contributed by atoms with E-state index < -0.39 is 10.0 Å². The van der Waals surface area contributed by atoms with Gasteiger partial charge in [-0.15, -0.1) is 0 Å². The van der Waals surface area contributed by atoms with Crippen LogP contribution >= 0.6 is 0 Å². The number of rotatable bonds is 7. The molecule has 0 radical (unpaired) electrons. The van der Waals surface area contributed by atoms with Gasteiger partial charge < -0.3 is 4.74 Å². The van der Waals surface area contributed by atoms with E-state index in [4.69, 9.17) is 4.74 Å². The molecular weight excluding hydrogens is 326 g/mol. The Morgan fingerprint density at radius 3 is 2.25 bits per heavy atom. The van der Waals surface area contributed by atoms with E-state index in [1.54, 1.807) is 24.3 Å². The van der Waals surface area contributed by atoms with Gasteiger partial charge in [0.15, 0.2) is 0 Å². The molecule has 6 heteroatoms. The van der Waals surface area contributed by atoms with E-state index in [0.29, 0.717) is 12.1 Å². The maximum Gasteiger partial charge on any atom is 0.313 e. The molecule has 2 aromatic rings. The van der Waals surface area contributed by atoms with Gasteiger partial charge in [0.05, 0.1) is 12.2 Å². The minimum absolute atomic E-state index is 0.240. The minimum Gasteiger partial charge on any atom is -0.460 e. The molecule has 0 saturated heterocycles. The number of esters is 1. The summed E-state index contributed by atoms with van der Waals surface area (Å²) in [6.45, 7) is 2.15. The average Bonchev–Trinajstić information content (AvgIpc) is 2.55. The Kier molecular flexibility index (Phi) is 5.98. The average molecular weight is 347 g/mol. The van der Waals surface area contributed by atoms with Gasteiger partial charge in [0.1, 0.15) is 6.61 Å². The van der Waals surface area contributed by atoms with E-state index in [1.807, 2.05) is 37.3 Å². The van der Waals surface area contributed by atoms with Gasteiger partial charge >= 0.3 is 5.97 Å². The Morgan fingerprint density at radius 1 is 1.08 bits per heavy atom. The lowest BCUT2D eigenvalue weighted by molar-refractivity contribution is -0.146. The maximum absolute atomic E-state index is 12.3. The zero-order valence-electron chi connectivity index (χ0n) is 13.7. The highest BCUT2D eigenvalue weighted by Gasteiger charge is 2.20. The lowest BCUT2D eigenvalue weighted by atomic mass is 9.96. The molecule has 0 aliphatic carbocycles. The zero-order chi connectivity index (χ0) is 17.6. The van der Waals surface area contributed by atoms with Crippen LogP contribution in [0.5, 0.6) is 0 Å². The highest BCUT2D eigenvalue weighted by molar-refractivity contribution is 7.92. The second-order valence-corrected chi connectivity index (χ2v) is 7.30. The molecule has 1 unspecified atom stereocenters. The maximum atomic E-state index is 12.3. The van der Waals surface area contributed by atoms with E-state index in [-0.39, 0.29) is 18.5 Å². The van der Waals surface area contributed by atoms with E-state index in [0.717, 1.165) is 17.4 Å². The minimum atomic E-state index is -3.31. The normalized spacial score (nSPS) is 12.4. The zero-order valence-corrected chi connectivity index (χ0v) is 14.5. The second-order valence-electron chi connectivity index (χ2n) is 5.55. The number of anilines is 1. The van der Waals surface area contributed by atoms with Crippen molar-refractivity contribution in [2.24, 2.45) is 0 Å². The van der Waals surface area contributed by atoms with Crippen LogP contribution in [0, 0.1) is 0 Å². The Morgan fingerprint density at radius 2 is 1.71 bits per heavy atom. The van der Waals surface area contributed by atoms with Crippen molar-refractivity contribution < 1.29 is 17.9 Å². The van der Waals surface area contributed by atoms with Gasteiger partial charge in [0.25, 0.3) is 0 Å². The summed E-state index contributed by atoms with van der Waals surface area (Å²) in [5.41, 5.74) is 2.21. The number of sulfonamides is 1. The Balaban J connectivity index is 2.03. The van der Waals surface area contributed by atoms with E-state index in [2.05, 4.69) is 4.72 Å². The highest BCUT2D eigenvalue weighted by atomic mass is 32.2. The summed E-state index contributed by atoms with van der Waals surface area (Å²) in [7, 11) is -3.31. The largest absolute Gasteiger partial charge is 0.460 e. The predicted octanol–water partition coefficient (Wildman–Crippen LogP) is 3.30. The first-order valence-electron chi connectivity index (χ1n) is 7.67. The van der Waals surface area contributed by atoms with Gasteiger partial charge in [-0.25, -0.2) is 8.42 Å². The molecule has 2 rings (SSSR count). The van der Waals surface area contributed by atoms with Crippen LogP contribution in [0.2, 0.25) is 0 Å². The molecule has 128 valence electrons. The molecule has 24 heavy (non-hydrogen) atoms. The van der Waals surface area contributed by atoms with Crippen LogP contribution in [-0.4, -0.2) is 20.6 Å². The first kappa shape index (κ1) is 18.0. The van der Waals surface area contributed by atoms with Crippen LogP contribution in [0.4, 0.5) is 5.69 Å². The fourth-order valence-electron chi connectivity index (χ4n) is 2.37. The quantitative estimate of drug-likeness (QED) is 0.780. The Labute approximate surface area is 142 Å². The second kappa shape index (κ2) is 7.97. The lowest BCUT2D eigenvalue weighted by Gasteiger charge is -2.15. The van der Waals surface area contributed by atoms with E-state index in [1.165, 1.54) is 0 Å². The third-order valence-corrected chi connectivity index (χ3v) is 4.14. The lowest BCUT2D eigenvalue weighted by Crippen LogP contribution is -2.15. The molecule has 0 fully saturated rings. The van der Waals surface area contributed by atoms with Crippen molar-refractivity contribution in [1.29, 1.82) is 0 Å². The SMILES string of the molecule is CCC(C(=O)OCc1ccccc1)c1ccc(NS(C)(=O)=O)cc1. The van der Waals surface area contributed by atoms with Crippen molar-refractivity contribution in [1.82, 2.24) is 0 Å². The van der Waals surface area contributed by atoms with Gasteiger partial charge in [-0.05, 0) is 29.7 Å². The van der Waals surface area contributed by atoms with Crippen LogP contribution in [0.25, 0.3) is 0 Å². The van der Waals surface area contributed by atoms with Crippen molar-refractivity contribution in [3.8, 4) is 0 Å². The fourth-order valence-corrected chi connectivity index (χ4v) is 2.93. The molecular formula is C18H21NO4S. The highest BCUT2D eigenvalue weighted by Crippen LogP contribution is 2.23. The number of carbonyl (C=O) groups excluding carboxylic acids is 1. The van der Waals surface area contributed by atoms with Gasteiger partial charge in [0.2, 0.25) is 10.0 Å². The van der Waals surface area contributed by atoms with E-state index >= 15 is 0 Å². The molecule has 0 bridgehead atoms. The van der Waals surface area contributed by atoms with Crippen LogP contribution in [0.15, 0.2) is 54.6 Å². The summed E-state index contributed by atoms with van der Waals surface area (Å²) in [5, 5.41) is 0.